The van der Waals surface area contributed by atoms with Crippen molar-refractivity contribution in [2.45, 2.75) is 45.6 Å². The van der Waals surface area contributed by atoms with Gasteiger partial charge in [0.2, 0.25) is 0 Å². The van der Waals surface area contributed by atoms with E-state index in [-0.39, 0.29) is 22.7 Å². The van der Waals surface area contributed by atoms with Crippen molar-refractivity contribution in [1.29, 1.82) is 0 Å². The Kier molecular flexibility index (Phi) is 4.35. The van der Waals surface area contributed by atoms with Crippen LogP contribution >= 0.6 is 0 Å². The Bertz CT molecular complexity index is 575. The van der Waals surface area contributed by atoms with Crippen LogP contribution in [0.5, 0.6) is 0 Å². The molecule has 0 saturated carbocycles. The molecule has 1 aliphatic heterocycles. The van der Waals surface area contributed by atoms with Crippen LogP contribution in [0.3, 0.4) is 0 Å². The van der Waals surface area contributed by atoms with Crippen molar-refractivity contribution in [1.82, 2.24) is 9.80 Å². The first-order valence-corrected chi connectivity index (χ1v) is 7.83. The summed E-state index contributed by atoms with van der Waals surface area (Å²) in [6, 6.07) is 4.87. The zero-order chi connectivity index (χ0) is 16.7. The third-order valence-corrected chi connectivity index (χ3v) is 4.63. The van der Waals surface area contributed by atoms with Crippen LogP contribution in [0.15, 0.2) is 18.2 Å². The Morgan fingerprint density at radius 2 is 1.86 bits per heavy atom. The van der Waals surface area contributed by atoms with E-state index in [1.165, 1.54) is 6.07 Å². The lowest BCUT2D eigenvalue weighted by Crippen LogP contribution is -2.58. The third kappa shape index (κ3) is 3.32. The lowest BCUT2D eigenvalue weighted by atomic mass is 9.86. The van der Waals surface area contributed by atoms with Gasteiger partial charge < -0.3 is 4.90 Å². The number of halogens is 1. The van der Waals surface area contributed by atoms with E-state index in [1.807, 2.05) is 25.7 Å². The summed E-state index contributed by atoms with van der Waals surface area (Å²) in [4.78, 5) is 16.7. The van der Waals surface area contributed by atoms with Gasteiger partial charge in [-0.15, -0.1) is 0 Å². The molecule has 0 atom stereocenters. The fourth-order valence-corrected chi connectivity index (χ4v) is 2.85. The molecule has 0 bridgehead atoms. The minimum atomic E-state index is -0.299. The van der Waals surface area contributed by atoms with Crippen molar-refractivity contribution < 1.29 is 9.18 Å². The van der Waals surface area contributed by atoms with Crippen molar-refractivity contribution >= 4 is 5.91 Å². The van der Waals surface area contributed by atoms with E-state index in [4.69, 9.17) is 0 Å². The highest BCUT2D eigenvalue weighted by Gasteiger charge is 2.33. The van der Waals surface area contributed by atoms with Crippen LogP contribution in [0, 0.1) is 5.82 Å². The molecule has 1 heterocycles. The van der Waals surface area contributed by atoms with E-state index >= 15 is 0 Å². The summed E-state index contributed by atoms with van der Waals surface area (Å²) >= 11 is 0. The summed E-state index contributed by atoms with van der Waals surface area (Å²) in [6.07, 6.45) is 0. The van der Waals surface area contributed by atoms with Crippen LogP contribution in [0.1, 0.15) is 50.5 Å². The maximum absolute atomic E-state index is 14.3. The van der Waals surface area contributed by atoms with E-state index in [0.717, 1.165) is 6.54 Å². The van der Waals surface area contributed by atoms with Crippen LogP contribution in [-0.2, 0) is 5.41 Å². The van der Waals surface area contributed by atoms with Gasteiger partial charge in [-0.2, -0.15) is 0 Å². The summed E-state index contributed by atoms with van der Waals surface area (Å²) in [6.45, 7) is 12.3. The molecule has 1 fully saturated rings. The van der Waals surface area contributed by atoms with Gasteiger partial charge in [-0.1, -0.05) is 26.8 Å². The highest BCUT2D eigenvalue weighted by atomic mass is 19.1. The van der Waals surface area contributed by atoms with Gasteiger partial charge in [0.05, 0.1) is 0 Å². The van der Waals surface area contributed by atoms with Crippen LogP contribution in [0.2, 0.25) is 0 Å². The van der Waals surface area contributed by atoms with Crippen LogP contribution in [0.4, 0.5) is 4.39 Å². The fraction of sp³-hybridized carbons (Fsp3) is 0.611. The zero-order valence-electron chi connectivity index (χ0n) is 14.5. The van der Waals surface area contributed by atoms with Crippen LogP contribution in [-0.4, -0.2) is 47.9 Å². The molecule has 0 spiro atoms. The van der Waals surface area contributed by atoms with Gasteiger partial charge in [0, 0.05) is 30.7 Å². The molecular weight excluding hydrogens is 279 g/mol. The van der Waals surface area contributed by atoms with Crippen LogP contribution < -0.4 is 0 Å². The number of rotatable bonds is 1. The van der Waals surface area contributed by atoms with Crippen molar-refractivity contribution in [3.8, 4) is 0 Å². The number of hydrogen-bond donors (Lipinski definition) is 0. The van der Waals surface area contributed by atoms with E-state index in [0.29, 0.717) is 24.2 Å². The molecule has 4 heteroatoms. The Hall–Kier alpha value is -1.42. The second-order valence-corrected chi connectivity index (χ2v) is 7.91. The van der Waals surface area contributed by atoms with E-state index < -0.39 is 0 Å². The second kappa shape index (κ2) is 5.65. The average molecular weight is 306 g/mol. The molecule has 1 aliphatic rings. The van der Waals surface area contributed by atoms with E-state index in [2.05, 4.69) is 25.8 Å². The first-order valence-electron chi connectivity index (χ1n) is 7.83. The molecule has 22 heavy (non-hydrogen) atoms. The van der Waals surface area contributed by atoms with Gasteiger partial charge in [-0.25, -0.2) is 4.39 Å². The summed E-state index contributed by atoms with van der Waals surface area (Å²) in [5.41, 5.74) is 0.757. The molecule has 3 nitrogen and oxygen atoms in total. The van der Waals surface area contributed by atoms with Gasteiger partial charge in [0.15, 0.2) is 0 Å². The number of amides is 1. The Balaban J connectivity index is 2.22. The molecule has 0 N–H and O–H groups in total. The number of nitrogens with zero attached hydrogens (tertiary/aromatic N) is 2. The minimum Gasteiger partial charge on any atom is -0.336 e. The predicted molar refractivity (Wildman–Crippen MR) is 87.7 cm³/mol. The van der Waals surface area contributed by atoms with E-state index in [1.54, 1.807) is 12.1 Å². The normalized spacial score (nSPS) is 19.3. The van der Waals surface area contributed by atoms with Crippen LogP contribution in [0.25, 0.3) is 0 Å². The molecule has 1 amide bonds. The molecular formula is C18H27FN2O. The summed E-state index contributed by atoms with van der Waals surface area (Å²) in [5, 5.41) is 0. The standard InChI is InChI=1S/C18H27FN2O/c1-17(2,3)14-8-7-13(11-15(14)19)16(22)21-10-9-20(6)18(4,5)12-21/h7-8,11H,9-10,12H2,1-6H3. The van der Waals surface area contributed by atoms with Crippen molar-refractivity contribution in [3.63, 3.8) is 0 Å². The lowest BCUT2D eigenvalue weighted by Gasteiger charge is -2.45. The topological polar surface area (TPSA) is 23.6 Å². The molecule has 1 aromatic rings. The fourth-order valence-electron chi connectivity index (χ4n) is 2.85. The molecule has 1 saturated heterocycles. The summed E-state index contributed by atoms with van der Waals surface area (Å²) < 4.78 is 14.3. The average Bonchev–Trinajstić information content (AvgIpc) is 2.39. The summed E-state index contributed by atoms with van der Waals surface area (Å²) in [7, 11) is 2.07. The predicted octanol–water partition coefficient (Wildman–Crippen LogP) is 3.29. The number of piperazine rings is 1. The number of hydrogen-bond acceptors (Lipinski definition) is 2. The molecule has 0 radical (unpaired) electrons. The van der Waals surface area contributed by atoms with Crippen molar-refractivity contribution in [2.75, 3.05) is 26.7 Å². The summed E-state index contributed by atoms with van der Waals surface area (Å²) in [5.74, 6) is -0.382. The van der Waals surface area contributed by atoms with Gasteiger partial charge in [-0.3, -0.25) is 9.69 Å². The smallest absolute Gasteiger partial charge is 0.254 e. The number of benzene rings is 1. The monoisotopic (exact) mass is 306 g/mol. The quantitative estimate of drug-likeness (QED) is 0.795. The number of carbonyl (C=O) groups is 1. The Morgan fingerprint density at radius 1 is 1.23 bits per heavy atom. The van der Waals surface area contributed by atoms with Crippen molar-refractivity contribution in [2.24, 2.45) is 0 Å². The molecule has 0 aromatic heterocycles. The lowest BCUT2D eigenvalue weighted by molar-refractivity contribution is 0.0311. The molecule has 1 aromatic carbocycles. The van der Waals surface area contributed by atoms with E-state index in [9.17, 15) is 9.18 Å². The highest BCUT2D eigenvalue weighted by molar-refractivity contribution is 5.94. The largest absolute Gasteiger partial charge is 0.336 e. The number of likely N-dealkylation sites (N-methyl/N-ethyl adjacent to an activating group) is 1. The molecule has 122 valence electrons. The molecule has 2 rings (SSSR count). The zero-order valence-corrected chi connectivity index (χ0v) is 14.5. The second-order valence-electron chi connectivity index (χ2n) is 7.91. The maximum Gasteiger partial charge on any atom is 0.254 e. The SMILES string of the molecule is CN1CCN(C(=O)c2ccc(C(C)(C)C)c(F)c2)CC1(C)C. The molecule has 0 unspecified atom stereocenters. The Labute approximate surface area is 133 Å². The first kappa shape index (κ1) is 16.9. The minimum absolute atomic E-state index is 0.0577. The van der Waals surface area contributed by atoms with Gasteiger partial charge >= 0.3 is 0 Å². The maximum atomic E-state index is 14.3. The highest BCUT2D eigenvalue weighted by Crippen LogP contribution is 2.27. The third-order valence-electron chi connectivity index (χ3n) is 4.63. The van der Waals surface area contributed by atoms with Crippen molar-refractivity contribution in [3.05, 3.63) is 35.1 Å². The Morgan fingerprint density at radius 3 is 2.36 bits per heavy atom. The number of carbonyl (C=O) groups excluding carboxylic acids is 1. The first-order chi connectivity index (χ1) is 10.0. The van der Waals surface area contributed by atoms with Gasteiger partial charge in [0.1, 0.15) is 5.82 Å². The van der Waals surface area contributed by atoms with Gasteiger partial charge in [-0.05, 0) is 44.0 Å². The molecule has 0 aliphatic carbocycles. The van der Waals surface area contributed by atoms with Gasteiger partial charge in [0.25, 0.3) is 5.91 Å².